The van der Waals surface area contributed by atoms with Crippen molar-refractivity contribution in [3.8, 4) is 5.75 Å². The molecule has 0 saturated heterocycles. The van der Waals surface area contributed by atoms with E-state index in [1.807, 2.05) is 11.9 Å². The van der Waals surface area contributed by atoms with Crippen LogP contribution in [0.1, 0.15) is 57.9 Å². The Balaban J connectivity index is 1.36. The number of hydrogen-bond acceptors (Lipinski definition) is 3. The van der Waals surface area contributed by atoms with E-state index in [0.717, 1.165) is 44.6 Å². The molecule has 0 bridgehead atoms. The molecule has 1 heterocycles. The van der Waals surface area contributed by atoms with Gasteiger partial charge in [0, 0.05) is 30.1 Å². The average molecular weight is 505 g/mol. The van der Waals surface area contributed by atoms with Gasteiger partial charge in [-0.3, -0.25) is 9.59 Å². The van der Waals surface area contributed by atoms with Gasteiger partial charge >= 0.3 is 6.18 Å². The highest BCUT2D eigenvalue weighted by molar-refractivity contribution is 5.93. The van der Waals surface area contributed by atoms with Crippen LogP contribution >= 0.6 is 0 Å². The number of nitrogens with one attached hydrogen (secondary N) is 1. The maximum absolute atomic E-state index is 13.5. The summed E-state index contributed by atoms with van der Waals surface area (Å²) in [7, 11) is 3.10. The lowest BCUT2D eigenvalue weighted by Gasteiger charge is -2.60. The Morgan fingerprint density at radius 3 is 2.56 bits per heavy atom. The van der Waals surface area contributed by atoms with E-state index >= 15 is 0 Å². The van der Waals surface area contributed by atoms with E-state index in [1.54, 1.807) is 6.08 Å². The van der Waals surface area contributed by atoms with Crippen molar-refractivity contribution in [1.29, 1.82) is 0 Å². The predicted molar refractivity (Wildman–Crippen MR) is 130 cm³/mol. The van der Waals surface area contributed by atoms with E-state index in [-0.39, 0.29) is 46.0 Å². The van der Waals surface area contributed by atoms with Crippen molar-refractivity contribution in [2.45, 2.75) is 64.6 Å². The monoisotopic (exact) mass is 504 g/mol. The average Bonchev–Trinajstić information content (AvgIpc) is 3.18. The third-order valence-electron chi connectivity index (χ3n) is 10.2. The summed E-state index contributed by atoms with van der Waals surface area (Å²) in [6.07, 6.45) is 4.87. The van der Waals surface area contributed by atoms with Crippen LogP contribution in [0.5, 0.6) is 5.75 Å². The van der Waals surface area contributed by atoms with Gasteiger partial charge in [-0.25, -0.2) is 0 Å². The normalized spacial score (nSPS) is 37.7. The second-order valence-electron chi connectivity index (χ2n) is 11.7. The van der Waals surface area contributed by atoms with Crippen LogP contribution in [-0.4, -0.2) is 36.9 Å². The molecule has 36 heavy (non-hydrogen) atoms. The lowest BCUT2D eigenvalue weighted by Crippen LogP contribution is -2.59. The molecule has 1 unspecified atom stereocenters. The number of nitrogens with zero attached hydrogens (tertiary/aromatic N) is 1. The summed E-state index contributed by atoms with van der Waals surface area (Å²) in [6, 6.07) is 3.88. The van der Waals surface area contributed by atoms with E-state index in [4.69, 9.17) is 4.74 Å². The van der Waals surface area contributed by atoms with E-state index < -0.39 is 11.7 Å². The number of alkyl halides is 3. The van der Waals surface area contributed by atoms with Crippen molar-refractivity contribution in [3.63, 3.8) is 0 Å². The number of carbonyl (C=O) groups excluding carboxylic acids is 2. The number of methoxy groups -OCH3 is 1. The number of anilines is 1. The molecule has 0 aromatic heterocycles. The van der Waals surface area contributed by atoms with Crippen molar-refractivity contribution in [2.75, 3.05) is 19.5 Å². The van der Waals surface area contributed by atoms with Gasteiger partial charge in [0.25, 0.3) is 0 Å². The maximum Gasteiger partial charge on any atom is 0.420 e. The fourth-order valence-corrected chi connectivity index (χ4v) is 8.41. The van der Waals surface area contributed by atoms with Crippen LogP contribution < -0.4 is 10.1 Å². The van der Waals surface area contributed by atoms with Crippen LogP contribution in [0.15, 0.2) is 30.4 Å². The first-order valence-electron chi connectivity index (χ1n) is 12.9. The van der Waals surface area contributed by atoms with Gasteiger partial charge in [-0.2, -0.15) is 13.2 Å². The van der Waals surface area contributed by atoms with E-state index in [1.165, 1.54) is 19.2 Å². The van der Waals surface area contributed by atoms with Crippen molar-refractivity contribution in [1.82, 2.24) is 4.90 Å². The van der Waals surface area contributed by atoms with E-state index in [2.05, 4.69) is 25.2 Å². The molecule has 7 atom stereocenters. The molecule has 5 rings (SSSR count). The zero-order valence-corrected chi connectivity index (χ0v) is 21.3. The Labute approximate surface area is 210 Å². The molecule has 1 N–H and O–H groups in total. The van der Waals surface area contributed by atoms with Gasteiger partial charge in [-0.15, -0.1) is 0 Å². The largest absolute Gasteiger partial charge is 0.496 e. The third kappa shape index (κ3) is 3.74. The zero-order chi connectivity index (χ0) is 26.0. The van der Waals surface area contributed by atoms with Gasteiger partial charge in [-0.05, 0) is 86.0 Å². The summed E-state index contributed by atoms with van der Waals surface area (Å²) in [5.74, 6) is 0.700. The molecule has 0 radical (unpaired) electrons. The summed E-state index contributed by atoms with van der Waals surface area (Å²) in [4.78, 5) is 27.6. The maximum atomic E-state index is 13.5. The summed E-state index contributed by atoms with van der Waals surface area (Å²) < 4.78 is 45.3. The molecular formula is C28H35F3N2O3. The van der Waals surface area contributed by atoms with Crippen LogP contribution in [0.3, 0.4) is 0 Å². The van der Waals surface area contributed by atoms with Crippen LogP contribution in [0, 0.1) is 34.5 Å². The number of fused-ring (bicyclic) bond motifs is 5. The number of likely N-dealkylation sites (N-methyl/N-ethyl adjacent to an activating group) is 1. The van der Waals surface area contributed by atoms with Crippen LogP contribution in [0.4, 0.5) is 18.9 Å². The lowest BCUT2D eigenvalue weighted by atomic mass is 9.47. The molecule has 1 aromatic rings. The lowest BCUT2D eigenvalue weighted by molar-refractivity contribution is -0.141. The molecule has 2 amide bonds. The smallest absolute Gasteiger partial charge is 0.420 e. The minimum absolute atomic E-state index is 0.0651. The first kappa shape index (κ1) is 25.2. The summed E-state index contributed by atoms with van der Waals surface area (Å²) in [5, 5.41) is 2.79. The Bertz CT molecular complexity index is 1100. The Kier molecular flexibility index (Phi) is 5.95. The number of carbonyl (C=O) groups is 2. The molecule has 3 fully saturated rings. The minimum Gasteiger partial charge on any atom is -0.496 e. The fourth-order valence-electron chi connectivity index (χ4n) is 8.41. The van der Waals surface area contributed by atoms with Gasteiger partial charge in [-0.1, -0.05) is 19.9 Å². The first-order valence-corrected chi connectivity index (χ1v) is 12.9. The molecule has 1 aliphatic heterocycles. The summed E-state index contributed by atoms with van der Waals surface area (Å²) in [5.41, 5.74) is -1.01. The quantitative estimate of drug-likeness (QED) is 0.557. The van der Waals surface area contributed by atoms with Crippen LogP contribution in [0.25, 0.3) is 0 Å². The highest BCUT2D eigenvalue weighted by Crippen LogP contribution is 2.65. The van der Waals surface area contributed by atoms with Crippen molar-refractivity contribution in [3.05, 3.63) is 35.9 Å². The second kappa shape index (κ2) is 8.52. The molecule has 3 aliphatic carbocycles. The van der Waals surface area contributed by atoms with Gasteiger partial charge < -0.3 is 15.0 Å². The van der Waals surface area contributed by atoms with E-state index in [9.17, 15) is 22.8 Å². The number of ether oxygens (including phenoxy) is 1. The number of benzene rings is 1. The van der Waals surface area contributed by atoms with Crippen molar-refractivity contribution in [2.24, 2.45) is 34.5 Å². The predicted octanol–water partition coefficient (Wildman–Crippen LogP) is 5.91. The molecule has 1 aromatic carbocycles. The first-order chi connectivity index (χ1) is 16.9. The number of halogens is 3. The Morgan fingerprint density at radius 2 is 1.86 bits per heavy atom. The van der Waals surface area contributed by atoms with Crippen LogP contribution in [-0.2, 0) is 15.8 Å². The molecule has 3 saturated carbocycles. The Hall–Kier alpha value is -2.51. The third-order valence-corrected chi connectivity index (χ3v) is 10.2. The summed E-state index contributed by atoms with van der Waals surface area (Å²) in [6.45, 7) is 4.50. The molecule has 196 valence electrons. The van der Waals surface area contributed by atoms with Gasteiger partial charge in [0.15, 0.2) is 0 Å². The zero-order valence-electron chi connectivity index (χ0n) is 21.3. The van der Waals surface area contributed by atoms with Gasteiger partial charge in [0.05, 0.1) is 12.7 Å². The number of hydrogen-bond donors (Lipinski definition) is 1. The molecule has 8 heteroatoms. The second-order valence-corrected chi connectivity index (χ2v) is 11.7. The minimum atomic E-state index is -4.57. The topological polar surface area (TPSA) is 58.6 Å². The molecule has 4 aliphatic rings. The van der Waals surface area contributed by atoms with Crippen molar-refractivity contribution < 1.29 is 27.5 Å². The number of rotatable bonds is 3. The molecular weight excluding hydrogens is 469 g/mol. The fraction of sp³-hybridized carbons (Fsp3) is 0.643. The highest BCUT2D eigenvalue weighted by Gasteiger charge is 2.61. The summed E-state index contributed by atoms with van der Waals surface area (Å²) >= 11 is 0. The van der Waals surface area contributed by atoms with Gasteiger partial charge in [0.1, 0.15) is 5.75 Å². The highest BCUT2D eigenvalue weighted by atomic mass is 19.4. The SMILES string of the molecule is COc1ccc(NC(=O)C2CC[C@H]3[C@@H]4CC[C@H]5N(C)C(=O)C=C[C@]5(C)[C@H]4CC[C@]23C)cc1C(F)(F)F. The van der Waals surface area contributed by atoms with E-state index in [0.29, 0.717) is 17.8 Å². The van der Waals surface area contributed by atoms with Crippen LogP contribution in [0.2, 0.25) is 0 Å². The van der Waals surface area contributed by atoms with Crippen molar-refractivity contribution >= 4 is 17.5 Å². The van der Waals surface area contributed by atoms with Gasteiger partial charge in [0.2, 0.25) is 11.8 Å². The Morgan fingerprint density at radius 1 is 1.11 bits per heavy atom. The molecule has 5 nitrogen and oxygen atoms in total. The molecule has 0 spiro atoms. The standard InChI is InChI=1S/C28H35F3N2O3/c1-26-13-11-19-17(6-10-23-27(19,2)14-12-24(34)33(23)3)18(26)7-8-20(26)25(35)32-16-5-9-22(36-4)21(15-16)28(29,30)31/h5,9,12,14-15,17-20,23H,6-8,10-11,13H2,1-4H3,(H,32,35)/t17-,18-,19-,20?,23+,26-,27+/m0/s1. The number of amides is 2.